The molecule has 1 aromatic rings. The minimum atomic E-state index is -0.0847. The lowest BCUT2D eigenvalue weighted by Crippen LogP contribution is -1.83. The lowest BCUT2D eigenvalue weighted by molar-refractivity contribution is 0.281. The second-order valence-electron chi connectivity index (χ2n) is 2.07. The second-order valence-corrected chi connectivity index (χ2v) is 3.33. The molecule has 0 aromatic heterocycles. The number of halogens is 2. The smallest absolute Gasteiger partial charge is 0.148 e. The maximum absolute atomic E-state index is 9.17. The highest BCUT2D eigenvalue weighted by Crippen LogP contribution is 2.32. The van der Waals surface area contributed by atoms with Gasteiger partial charge < -0.3 is 10.2 Å². The first-order valence-corrected chi connectivity index (χ1v) is 4.10. The van der Waals surface area contributed by atoms with Gasteiger partial charge in [0.25, 0.3) is 0 Å². The fraction of sp³-hybridized carbons (Fsp3) is 0.143. The minimum absolute atomic E-state index is 0.00358. The van der Waals surface area contributed by atoms with Crippen molar-refractivity contribution in [2.45, 2.75) is 6.61 Å². The summed E-state index contributed by atoms with van der Waals surface area (Å²) in [4.78, 5) is 0. The average Bonchev–Trinajstić information content (AvgIpc) is 1.99. The van der Waals surface area contributed by atoms with Gasteiger partial charge in [0.1, 0.15) is 5.75 Å². The van der Waals surface area contributed by atoms with Gasteiger partial charge >= 0.3 is 0 Å². The average molecular weight is 237 g/mol. The van der Waals surface area contributed by atoms with Crippen LogP contribution in [0.2, 0.25) is 5.02 Å². The molecule has 0 aliphatic heterocycles. The predicted octanol–water partition coefficient (Wildman–Crippen LogP) is 2.30. The molecule has 60 valence electrons. The van der Waals surface area contributed by atoms with Crippen molar-refractivity contribution in [3.63, 3.8) is 0 Å². The van der Waals surface area contributed by atoms with Gasteiger partial charge in [-0.15, -0.1) is 0 Å². The molecule has 11 heavy (non-hydrogen) atoms. The van der Waals surface area contributed by atoms with Gasteiger partial charge in [-0.3, -0.25) is 0 Å². The van der Waals surface area contributed by atoms with Crippen LogP contribution in [-0.2, 0) is 6.61 Å². The summed E-state index contributed by atoms with van der Waals surface area (Å²) < 4.78 is 0.494. The number of aliphatic hydroxyl groups is 1. The van der Waals surface area contributed by atoms with Gasteiger partial charge in [-0.25, -0.2) is 0 Å². The van der Waals surface area contributed by atoms with Gasteiger partial charge in [0.15, 0.2) is 0 Å². The van der Waals surface area contributed by atoms with E-state index in [4.69, 9.17) is 21.8 Å². The molecule has 2 nitrogen and oxygen atoms in total. The Balaban J connectivity index is 3.21. The highest BCUT2D eigenvalue weighted by molar-refractivity contribution is 9.10. The zero-order chi connectivity index (χ0) is 8.43. The first-order chi connectivity index (χ1) is 5.15. The molecule has 0 atom stereocenters. The molecule has 0 amide bonds. The summed E-state index contributed by atoms with van der Waals surface area (Å²) in [5.41, 5.74) is 0.666. The molecule has 0 radical (unpaired) electrons. The quantitative estimate of drug-likeness (QED) is 0.787. The number of hydrogen-bond acceptors (Lipinski definition) is 2. The van der Waals surface area contributed by atoms with Crippen LogP contribution in [0.3, 0.4) is 0 Å². The van der Waals surface area contributed by atoms with E-state index in [0.717, 1.165) is 0 Å². The Morgan fingerprint density at radius 1 is 1.45 bits per heavy atom. The SMILES string of the molecule is OCc1cc(Cl)c(O)c(Br)c1. The molecular weight excluding hydrogens is 231 g/mol. The van der Waals surface area contributed by atoms with Gasteiger partial charge in [0.05, 0.1) is 16.1 Å². The molecule has 0 bridgehead atoms. The molecule has 0 heterocycles. The van der Waals surface area contributed by atoms with Crippen molar-refractivity contribution in [1.29, 1.82) is 0 Å². The summed E-state index contributed by atoms with van der Waals surface area (Å²) >= 11 is 8.70. The van der Waals surface area contributed by atoms with Crippen LogP contribution < -0.4 is 0 Å². The van der Waals surface area contributed by atoms with Crippen LogP contribution in [0, 0.1) is 0 Å². The Morgan fingerprint density at radius 2 is 2.09 bits per heavy atom. The third kappa shape index (κ3) is 1.86. The number of phenolic OH excluding ortho intramolecular Hbond substituents is 1. The summed E-state index contributed by atoms with van der Waals surface area (Å²) in [5, 5.41) is 18.1. The molecule has 1 rings (SSSR count). The van der Waals surface area contributed by atoms with Crippen LogP contribution in [0.15, 0.2) is 16.6 Å². The van der Waals surface area contributed by atoms with Crippen molar-refractivity contribution < 1.29 is 10.2 Å². The highest BCUT2D eigenvalue weighted by atomic mass is 79.9. The normalized spacial score (nSPS) is 10.1. The van der Waals surface area contributed by atoms with Crippen LogP contribution in [0.25, 0.3) is 0 Å². The fourth-order valence-corrected chi connectivity index (χ4v) is 1.57. The Bertz CT molecular complexity index is 252. The number of rotatable bonds is 1. The predicted molar refractivity (Wildman–Crippen MR) is 46.7 cm³/mol. The Hall–Kier alpha value is -0.250. The van der Waals surface area contributed by atoms with Crippen LogP contribution in [0.1, 0.15) is 5.56 Å². The molecule has 0 fully saturated rings. The molecule has 0 aliphatic carbocycles. The van der Waals surface area contributed by atoms with Gasteiger partial charge in [0, 0.05) is 0 Å². The monoisotopic (exact) mass is 236 g/mol. The van der Waals surface area contributed by atoms with Crippen molar-refractivity contribution in [3.8, 4) is 5.75 Å². The topological polar surface area (TPSA) is 40.5 Å². The summed E-state index contributed by atoms with van der Waals surface area (Å²) in [6.45, 7) is -0.0847. The molecule has 0 aliphatic rings. The van der Waals surface area contributed by atoms with E-state index in [1.54, 1.807) is 6.07 Å². The van der Waals surface area contributed by atoms with E-state index in [1.165, 1.54) is 6.07 Å². The lowest BCUT2D eigenvalue weighted by atomic mass is 10.2. The largest absolute Gasteiger partial charge is 0.505 e. The Kier molecular flexibility index (Phi) is 2.76. The van der Waals surface area contributed by atoms with E-state index < -0.39 is 0 Å². The van der Waals surface area contributed by atoms with Crippen LogP contribution in [0.5, 0.6) is 5.75 Å². The third-order valence-electron chi connectivity index (χ3n) is 1.26. The van der Waals surface area contributed by atoms with E-state index in [9.17, 15) is 0 Å². The number of phenols is 1. The molecule has 0 saturated heterocycles. The van der Waals surface area contributed by atoms with Gasteiger partial charge in [-0.1, -0.05) is 11.6 Å². The van der Waals surface area contributed by atoms with Crippen molar-refractivity contribution in [3.05, 3.63) is 27.2 Å². The van der Waals surface area contributed by atoms with E-state index in [2.05, 4.69) is 15.9 Å². The van der Waals surface area contributed by atoms with Crippen molar-refractivity contribution >= 4 is 27.5 Å². The van der Waals surface area contributed by atoms with E-state index in [1.807, 2.05) is 0 Å². The van der Waals surface area contributed by atoms with E-state index >= 15 is 0 Å². The van der Waals surface area contributed by atoms with Gasteiger partial charge in [0.2, 0.25) is 0 Å². The first-order valence-electron chi connectivity index (χ1n) is 2.93. The maximum atomic E-state index is 9.17. The maximum Gasteiger partial charge on any atom is 0.148 e. The number of aromatic hydroxyl groups is 1. The van der Waals surface area contributed by atoms with Crippen LogP contribution in [-0.4, -0.2) is 10.2 Å². The molecule has 0 saturated carbocycles. The molecule has 0 spiro atoms. The van der Waals surface area contributed by atoms with Crippen LogP contribution in [0.4, 0.5) is 0 Å². The van der Waals surface area contributed by atoms with E-state index in [0.29, 0.717) is 10.0 Å². The Morgan fingerprint density at radius 3 is 2.55 bits per heavy atom. The van der Waals surface area contributed by atoms with Gasteiger partial charge in [-0.05, 0) is 33.6 Å². The summed E-state index contributed by atoms with van der Waals surface area (Å²) in [7, 11) is 0. The first kappa shape index (κ1) is 8.84. The van der Waals surface area contributed by atoms with Crippen molar-refractivity contribution in [2.75, 3.05) is 0 Å². The van der Waals surface area contributed by atoms with Crippen molar-refractivity contribution in [1.82, 2.24) is 0 Å². The molecular formula is C7H6BrClO2. The van der Waals surface area contributed by atoms with E-state index in [-0.39, 0.29) is 17.4 Å². The number of benzene rings is 1. The Labute approximate surface area is 77.6 Å². The summed E-state index contributed by atoms with van der Waals surface area (Å²) in [6, 6.07) is 3.13. The van der Waals surface area contributed by atoms with Gasteiger partial charge in [-0.2, -0.15) is 0 Å². The minimum Gasteiger partial charge on any atom is -0.505 e. The number of hydrogen-bond donors (Lipinski definition) is 2. The summed E-state index contributed by atoms with van der Waals surface area (Å²) in [5.74, 6) is 0.00358. The summed E-state index contributed by atoms with van der Waals surface area (Å²) in [6.07, 6.45) is 0. The zero-order valence-corrected chi connectivity index (χ0v) is 7.85. The third-order valence-corrected chi connectivity index (χ3v) is 2.15. The highest BCUT2D eigenvalue weighted by Gasteiger charge is 2.04. The second kappa shape index (κ2) is 3.43. The van der Waals surface area contributed by atoms with Crippen LogP contribution >= 0.6 is 27.5 Å². The van der Waals surface area contributed by atoms with Crippen molar-refractivity contribution in [2.24, 2.45) is 0 Å². The number of aliphatic hydroxyl groups excluding tert-OH is 1. The molecule has 2 N–H and O–H groups in total. The molecule has 0 unspecified atom stereocenters. The standard InChI is InChI=1S/C7H6BrClO2/c8-5-1-4(3-10)2-6(9)7(5)11/h1-2,10-11H,3H2. The lowest BCUT2D eigenvalue weighted by Gasteiger charge is -2.02. The molecule has 4 heteroatoms. The molecule has 1 aromatic carbocycles. The fourth-order valence-electron chi connectivity index (χ4n) is 0.709. The zero-order valence-electron chi connectivity index (χ0n) is 5.51.